The van der Waals surface area contributed by atoms with E-state index in [2.05, 4.69) is 25.7 Å². The van der Waals surface area contributed by atoms with Crippen LogP contribution >= 0.6 is 0 Å². The molecule has 0 bridgehead atoms. The van der Waals surface area contributed by atoms with Crippen LogP contribution in [-0.4, -0.2) is 48.6 Å². The van der Waals surface area contributed by atoms with Gasteiger partial charge in [-0.05, 0) is 38.8 Å². The van der Waals surface area contributed by atoms with Crippen molar-refractivity contribution in [2.75, 3.05) is 23.3 Å². The normalized spacial score (nSPS) is 15.9. The van der Waals surface area contributed by atoms with E-state index in [0.717, 1.165) is 0 Å². The highest BCUT2D eigenvalue weighted by Crippen LogP contribution is 2.29. The lowest BCUT2D eigenvalue weighted by Gasteiger charge is -2.32. The molecule has 1 aliphatic rings. The van der Waals surface area contributed by atoms with Crippen LogP contribution in [0.25, 0.3) is 5.65 Å². The average molecular weight is 422 g/mol. The molecule has 1 aliphatic heterocycles. The van der Waals surface area contributed by atoms with E-state index in [4.69, 9.17) is 0 Å². The number of aromatic nitrogens is 6. The predicted molar refractivity (Wildman–Crippen MR) is 102 cm³/mol. The molecule has 3 aromatic rings. The third-order valence-electron chi connectivity index (χ3n) is 5.10. The Morgan fingerprint density at radius 1 is 1.17 bits per heavy atom. The number of carbonyl (C=O) groups is 1. The molecule has 0 aliphatic carbocycles. The molecule has 0 spiro atoms. The van der Waals surface area contributed by atoms with Crippen LogP contribution in [0.5, 0.6) is 0 Å². The second-order valence-corrected chi connectivity index (χ2v) is 7.49. The Labute approximate surface area is 169 Å². The molecule has 9 nitrogen and oxygen atoms in total. The third kappa shape index (κ3) is 3.81. The van der Waals surface area contributed by atoms with Crippen molar-refractivity contribution in [3.63, 3.8) is 0 Å². The van der Waals surface area contributed by atoms with Gasteiger partial charge >= 0.3 is 6.18 Å². The molecule has 1 saturated heterocycles. The highest BCUT2D eigenvalue weighted by Gasteiger charge is 2.38. The van der Waals surface area contributed by atoms with Gasteiger partial charge in [-0.15, -0.1) is 15.3 Å². The largest absolute Gasteiger partial charge is 0.453 e. The van der Waals surface area contributed by atoms with Crippen LogP contribution in [-0.2, 0) is 11.0 Å². The summed E-state index contributed by atoms with van der Waals surface area (Å²) in [7, 11) is 0. The summed E-state index contributed by atoms with van der Waals surface area (Å²) < 4.78 is 41.7. The highest BCUT2D eigenvalue weighted by atomic mass is 19.4. The fraction of sp³-hybridized carbons (Fsp3) is 0.500. The average Bonchev–Trinajstić information content (AvgIpc) is 3.34. The summed E-state index contributed by atoms with van der Waals surface area (Å²) in [5, 5.41) is 17.9. The molecule has 12 heteroatoms. The van der Waals surface area contributed by atoms with Gasteiger partial charge in [0.05, 0.1) is 6.20 Å². The van der Waals surface area contributed by atoms with Crippen LogP contribution in [0, 0.1) is 5.92 Å². The number of hydrogen-bond donors (Lipinski definition) is 1. The summed E-state index contributed by atoms with van der Waals surface area (Å²) in [5.74, 6) is -0.392. The minimum atomic E-state index is -4.64. The number of anilines is 2. The molecule has 3 aromatic heterocycles. The maximum atomic E-state index is 13.1. The molecule has 1 N–H and O–H groups in total. The zero-order valence-electron chi connectivity index (χ0n) is 16.5. The molecule has 30 heavy (non-hydrogen) atoms. The van der Waals surface area contributed by atoms with Crippen LogP contribution in [0.2, 0.25) is 0 Å². The second kappa shape index (κ2) is 7.58. The van der Waals surface area contributed by atoms with Crippen molar-refractivity contribution in [2.45, 2.75) is 38.9 Å². The Kier molecular flexibility index (Phi) is 5.08. The molecular weight excluding hydrogens is 401 g/mol. The molecular formula is C18H21F3N8O. The van der Waals surface area contributed by atoms with E-state index < -0.39 is 12.0 Å². The number of carbonyl (C=O) groups excluding carboxylic acids is 1. The first-order valence-electron chi connectivity index (χ1n) is 9.63. The van der Waals surface area contributed by atoms with Crippen molar-refractivity contribution in [2.24, 2.45) is 5.92 Å². The maximum absolute atomic E-state index is 13.1. The SMILES string of the molecule is CC(C)n1nccc1NC(=O)C1CCN(c2ccc3nnc(C(F)(F)F)n3n2)CC1. The van der Waals surface area contributed by atoms with E-state index in [1.54, 1.807) is 23.0 Å². The fourth-order valence-corrected chi connectivity index (χ4v) is 3.55. The quantitative estimate of drug-likeness (QED) is 0.695. The summed E-state index contributed by atoms with van der Waals surface area (Å²) in [4.78, 5) is 14.5. The summed E-state index contributed by atoms with van der Waals surface area (Å²) >= 11 is 0. The van der Waals surface area contributed by atoms with Crippen LogP contribution in [0.4, 0.5) is 24.8 Å². The van der Waals surface area contributed by atoms with Crippen molar-refractivity contribution in [3.8, 4) is 0 Å². The van der Waals surface area contributed by atoms with E-state index in [1.807, 2.05) is 18.7 Å². The number of nitrogens with zero attached hydrogens (tertiary/aromatic N) is 7. The number of hydrogen-bond acceptors (Lipinski definition) is 6. The first kappa shape index (κ1) is 20.1. The van der Waals surface area contributed by atoms with Gasteiger partial charge in [0.1, 0.15) is 11.6 Å². The molecule has 0 atom stereocenters. The Morgan fingerprint density at radius 2 is 1.90 bits per heavy atom. The van der Waals surface area contributed by atoms with Crippen molar-refractivity contribution in [1.82, 2.24) is 29.6 Å². The lowest BCUT2D eigenvalue weighted by atomic mass is 9.96. The fourth-order valence-electron chi connectivity index (χ4n) is 3.55. The number of alkyl halides is 3. The van der Waals surface area contributed by atoms with E-state index in [1.165, 1.54) is 6.07 Å². The van der Waals surface area contributed by atoms with Gasteiger partial charge in [0.15, 0.2) is 5.65 Å². The first-order chi connectivity index (χ1) is 14.2. The van der Waals surface area contributed by atoms with Crippen LogP contribution in [0.15, 0.2) is 24.4 Å². The zero-order valence-corrected chi connectivity index (χ0v) is 16.5. The smallest absolute Gasteiger partial charge is 0.355 e. The van der Waals surface area contributed by atoms with E-state index >= 15 is 0 Å². The Morgan fingerprint density at radius 3 is 2.57 bits per heavy atom. The van der Waals surface area contributed by atoms with Gasteiger partial charge in [-0.25, -0.2) is 4.68 Å². The molecule has 0 unspecified atom stereocenters. The Bertz CT molecular complexity index is 1050. The van der Waals surface area contributed by atoms with E-state index in [-0.39, 0.29) is 23.5 Å². The minimum absolute atomic E-state index is 0.0297. The lowest BCUT2D eigenvalue weighted by molar-refractivity contribution is -0.146. The molecule has 0 aromatic carbocycles. The zero-order chi connectivity index (χ0) is 21.5. The second-order valence-electron chi connectivity index (χ2n) is 7.49. The van der Waals surface area contributed by atoms with Crippen LogP contribution < -0.4 is 10.2 Å². The van der Waals surface area contributed by atoms with Gasteiger partial charge in [-0.3, -0.25) is 4.79 Å². The molecule has 160 valence electrons. The Hall–Kier alpha value is -3.18. The standard InChI is InChI=1S/C18H21F3N8O/c1-11(2)28-13(5-8-22-28)23-16(30)12-6-9-27(10-7-12)15-4-3-14-24-25-17(18(19,20)21)29(14)26-15/h3-5,8,11-12H,6-7,9-10H2,1-2H3,(H,23,30). The van der Waals surface area contributed by atoms with Crippen molar-refractivity contribution >= 4 is 23.2 Å². The molecule has 1 fully saturated rings. The van der Waals surface area contributed by atoms with Gasteiger partial charge in [0.2, 0.25) is 5.91 Å². The predicted octanol–water partition coefficient (Wildman–Crippen LogP) is 2.78. The molecule has 0 radical (unpaired) electrons. The highest BCUT2D eigenvalue weighted by molar-refractivity contribution is 5.91. The van der Waals surface area contributed by atoms with Crippen molar-refractivity contribution in [3.05, 3.63) is 30.2 Å². The van der Waals surface area contributed by atoms with Gasteiger partial charge in [0, 0.05) is 31.1 Å². The molecule has 1 amide bonds. The van der Waals surface area contributed by atoms with Gasteiger partial charge in [-0.1, -0.05) is 0 Å². The van der Waals surface area contributed by atoms with Crippen LogP contribution in [0.3, 0.4) is 0 Å². The number of piperidine rings is 1. The van der Waals surface area contributed by atoms with Crippen molar-refractivity contribution in [1.29, 1.82) is 0 Å². The van der Waals surface area contributed by atoms with E-state index in [0.29, 0.717) is 42.1 Å². The maximum Gasteiger partial charge on any atom is 0.453 e. The minimum Gasteiger partial charge on any atom is -0.355 e. The third-order valence-corrected chi connectivity index (χ3v) is 5.10. The number of fused-ring (bicyclic) bond motifs is 1. The lowest BCUT2D eigenvalue weighted by Crippen LogP contribution is -2.39. The van der Waals surface area contributed by atoms with Crippen LogP contribution in [0.1, 0.15) is 38.6 Å². The van der Waals surface area contributed by atoms with Crippen molar-refractivity contribution < 1.29 is 18.0 Å². The number of rotatable bonds is 4. The van der Waals surface area contributed by atoms with E-state index in [9.17, 15) is 18.0 Å². The van der Waals surface area contributed by atoms with Gasteiger partial charge in [-0.2, -0.15) is 22.8 Å². The number of amides is 1. The first-order valence-corrected chi connectivity index (χ1v) is 9.63. The monoisotopic (exact) mass is 422 g/mol. The number of halogens is 3. The Balaban J connectivity index is 1.43. The van der Waals surface area contributed by atoms with Gasteiger partial charge < -0.3 is 10.2 Å². The molecule has 0 saturated carbocycles. The summed E-state index contributed by atoms with van der Waals surface area (Å²) in [6, 6.07) is 4.95. The molecule has 4 rings (SSSR count). The van der Waals surface area contributed by atoms with Gasteiger partial charge in [0.25, 0.3) is 5.82 Å². The number of nitrogens with one attached hydrogen (secondary N) is 1. The molecule has 4 heterocycles. The summed E-state index contributed by atoms with van der Waals surface area (Å²) in [5.41, 5.74) is 0.0297. The summed E-state index contributed by atoms with van der Waals surface area (Å²) in [6.45, 7) is 4.96. The topological polar surface area (TPSA) is 93.2 Å². The summed E-state index contributed by atoms with van der Waals surface area (Å²) in [6.07, 6.45) is -1.87.